The third-order valence-electron chi connectivity index (χ3n) is 2.59. The predicted molar refractivity (Wildman–Crippen MR) is 64.2 cm³/mol. The van der Waals surface area contributed by atoms with Crippen LogP contribution in [-0.2, 0) is 6.42 Å². The number of rotatable bonds is 3. The molecule has 1 atom stereocenters. The lowest BCUT2D eigenvalue weighted by atomic mass is 9.97. The molecule has 0 saturated heterocycles. The Hall–Kier alpha value is -1.12. The normalized spacial score (nSPS) is 12.7. The van der Waals surface area contributed by atoms with E-state index in [1.54, 1.807) is 11.3 Å². The zero-order valence-corrected chi connectivity index (χ0v) is 9.50. The Bertz CT molecular complexity index is 420. The van der Waals surface area contributed by atoms with Crippen LogP contribution < -0.4 is 0 Å². The second kappa shape index (κ2) is 4.60. The number of benzene rings is 1. The summed E-state index contributed by atoms with van der Waals surface area (Å²) in [6, 6.07) is 10.0. The van der Waals surface area contributed by atoms with Crippen LogP contribution in [0.5, 0.6) is 0 Å². The average molecular weight is 218 g/mol. The number of hydrogen-bond donors (Lipinski definition) is 1. The third-order valence-corrected chi connectivity index (χ3v) is 3.29. The molecule has 0 spiro atoms. The second-order valence-corrected chi connectivity index (χ2v) is 4.29. The number of hydrogen-bond acceptors (Lipinski definition) is 2. The highest BCUT2D eigenvalue weighted by Crippen LogP contribution is 2.26. The summed E-state index contributed by atoms with van der Waals surface area (Å²) in [5.74, 6) is 0. The molecule has 2 heteroatoms. The summed E-state index contributed by atoms with van der Waals surface area (Å²) in [6.45, 7) is 2.11. The van der Waals surface area contributed by atoms with E-state index >= 15 is 0 Å². The maximum absolute atomic E-state index is 10.2. The first-order valence-electron chi connectivity index (χ1n) is 5.11. The Kier molecular flexibility index (Phi) is 3.19. The van der Waals surface area contributed by atoms with Crippen molar-refractivity contribution in [3.63, 3.8) is 0 Å². The molecule has 1 aromatic heterocycles. The van der Waals surface area contributed by atoms with Gasteiger partial charge in [-0.15, -0.1) is 0 Å². The lowest BCUT2D eigenvalue weighted by molar-refractivity contribution is 0.220. The molecule has 0 radical (unpaired) electrons. The van der Waals surface area contributed by atoms with Crippen LogP contribution in [-0.4, -0.2) is 5.11 Å². The van der Waals surface area contributed by atoms with Gasteiger partial charge in [0, 0.05) is 0 Å². The molecule has 0 aliphatic carbocycles. The number of aryl methyl sites for hydroxylation is 1. The molecule has 0 unspecified atom stereocenters. The van der Waals surface area contributed by atoms with Gasteiger partial charge in [-0.25, -0.2) is 0 Å². The topological polar surface area (TPSA) is 20.2 Å². The van der Waals surface area contributed by atoms with Crippen LogP contribution in [0.3, 0.4) is 0 Å². The van der Waals surface area contributed by atoms with Gasteiger partial charge in [0.25, 0.3) is 0 Å². The van der Waals surface area contributed by atoms with Gasteiger partial charge in [-0.3, -0.25) is 0 Å². The van der Waals surface area contributed by atoms with Gasteiger partial charge in [-0.05, 0) is 39.9 Å². The van der Waals surface area contributed by atoms with Gasteiger partial charge in [0.1, 0.15) is 6.10 Å². The van der Waals surface area contributed by atoms with Crippen molar-refractivity contribution in [3.8, 4) is 0 Å². The SMILES string of the molecule is CCc1ccccc1[C@H](O)c1ccsc1. The smallest absolute Gasteiger partial charge is 0.105 e. The van der Waals surface area contributed by atoms with Gasteiger partial charge in [0.15, 0.2) is 0 Å². The average Bonchev–Trinajstić information content (AvgIpc) is 2.81. The van der Waals surface area contributed by atoms with Gasteiger partial charge in [0.05, 0.1) is 0 Å². The minimum atomic E-state index is -0.479. The molecule has 0 aliphatic heterocycles. The minimum absolute atomic E-state index is 0.479. The fraction of sp³-hybridized carbons (Fsp3) is 0.231. The van der Waals surface area contributed by atoms with E-state index in [4.69, 9.17) is 0 Å². The van der Waals surface area contributed by atoms with E-state index in [1.165, 1.54) is 5.56 Å². The molecular formula is C13H14OS. The Labute approximate surface area is 94.0 Å². The predicted octanol–water partition coefficient (Wildman–Crippen LogP) is 3.39. The van der Waals surface area contributed by atoms with E-state index in [1.807, 2.05) is 35.0 Å². The lowest BCUT2D eigenvalue weighted by Gasteiger charge is -2.13. The Morgan fingerprint density at radius 2 is 2.07 bits per heavy atom. The second-order valence-electron chi connectivity index (χ2n) is 3.51. The van der Waals surface area contributed by atoms with Gasteiger partial charge < -0.3 is 5.11 Å². The number of aliphatic hydroxyl groups is 1. The summed E-state index contributed by atoms with van der Waals surface area (Å²) in [5, 5.41) is 14.2. The van der Waals surface area contributed by atoms with E-state index < -0.39 is 6.10 Å². The first-order chi connectivity index (χ1) is 7.33. The fourth-order valence-electron chi connectivity index (χ4n) is 1.73. The highest BCUT2D eigenvalue weighted by Gasteiger charge is 2.13. The molecule has 0 bridgehead atoms. The van der Waals surface area contributed by atoms with Gasteiger partial charge in [-0.2, -0.15) is 11.3 Å². The molecule has 1 nitrogen and oxygen atoms in total. The van der Waals surface area contributed by atoms with Gasteiger partial charge in [0.2, 0.25) is 0 Å². The first-order valence-corrected chi connectivity index (χ1v) is 6.05. The first kappa shape index (κ1) is 10.4. The van der Waals surface area contributed by atoms with Crippen molar-refractivity contribution in [2.45, 2.75) is 19.4 Å². The summed E-state index contributed by atoms with van der Waals surface area (Å²) in [6.07, 6.45) is 0.476. The van der Waals surface area contributed by atoms with Gasteiger partial charge in [-0.1, -0.05) is 31.2 Å². The summed E-state index contributed by atoms with van der Waals surface area (Å²) >= 11 is 1.62. The van der Waals surface area contributed by atoms with E-state index in [-0.39, 0.29) is 0 Å². The molecule has 1 heterocycles. The largest absolute Gasteiger partial charge is 0.384 e. The van der Waals surface area contributed by atoms with Crippen LogP contribution in [0.2, 0.25) is 0 Å². The number of aliphatic hydroxyl groups excluding tert-OH is 1. The summed E-state index contributed by atoms with van der Waals surface area (Å²) in [5.41, 5.74) is 3.23. The van der Waals surface area contributed by atoms with E-state index in [9.17, 15) is 5.11 Å². The Balaban J connectivity index is 2.37. The lowest BCUT2D eigenvalue weighted by Crippen LogP contribution is -2.01. The van der Waals surface area contributed by atoms with E-state index in [2.05, 4.69) is 13.0 Å². The molecule has 0 fully saturated rings. The third kappa shape index (κ3) is 2.11. The maximum Gasteiger partial charge on any atom is 0.105 e. The van der Waals surface area contributed by atoms with Crippen molar-refractivity contribution in [3.05, 3.63) is 57.8 Å². The molecule has 0 saturated carbocycles. The van der Waals surface area contributed by atoms with Crippen molar-refractivity contribution < 1.29 is 5.11 Å². The van der Waals surface area contributed by atoms with E-state index in [0.29, 0.717) is 0 Å². The van der Waals surface area contributed by atoms with Crippen molar-refractivity contribution >= 4 is 11.3 Å². The van der Waals surface area contributed by atoms with Crippen LogP contribution in [0, 0.1) is 0 Å². The molecule has 1 N–H and O–H groups in total. The molecule has 2 rings (SSSR count). The quantitative estimate of drug-likeness (QED) is 0.837. The van der Waals surface area contributed by atoms with Crippen molar-refractivity contribution in [1.29, 1.82) is 0 Å². The molecule has 15 heavy (non-hydrogen) atoms. The zero-order chi connectivity index (χ0) is 10.7. The molecule has 78 valence electrons. The van der Waals surface area contributed by atoms with Crippen LogP contribution >= 0.6 is 11.3 Å². The van der Waals surface area contributed by atoms with Crippen LogP contribution in [0.25, 0.3) is 0 Å². The zero-order valence-electron chi connectivity index (χ0n) is 8.68. The summed E-state index contributed by atoms with van der Waals surface area (Å²) in [4.78, 5) is 0. The molecule has 1 aromatic carbocycles. The summed E-state index contributed by atoms with van der Waals surface area (Å²) in [7, 11) is 0. The van der Waals surface area contributed by atoms with Crippen molar-refractivity contribution in [1.82, 2.24) is 0 Å². The summed E-state index contributed by atoms with van der Waals surface area (Å²) < 4.78 is 0. The highest BCUT2D eigenvalue weighted by molar-refractivity contribution is 7.07. The standard InChI is InChI=1S/C13H14OS/c1-2-10-5-3-4-6-12(10)13(14)11-7-8-15-9-11/h3-9,13-14H,2H2,1H3/t13-/m1/s1. The molecular weight excluding hydrogens is 204 g/mol. The Morgan fingerprint density at radius 3 is 2.73 bits per heavy atom. The minimum Gasteiger partial charge on any atom is -0.384 e. The van der Waals surface area contributed by atoms with E-state index in [0.717, 1.165) is 17.5 Å². The van der Waals surface area contributed by atoms with Crippen molar-refractivity contribution in [2.24, 2.45) is 0 Å². The molecule has 2 aromatic rings. The maximum atomic E-state index is 10.2. The van der Waals surface area contributed by atoms with Crippen molar-refractivity contribution in [2.75, 3.05) is 0 Å². The monoisotopic (exact) mass is 218 g/mol. The van der Waals surface area contributed by atoms with Crippen LogP contribution in [0.1, 0.15) is 29.7 Å². The molecule has 0 amide bonds. The highest BCUT2D eigenvalue weighted by atomic mass is 32.1. The van der Waals surface area contributed by atoms with Gasteiger partial charge >= 0.3 is 0 Å². The molecule has 0 aliphatic rings. The number of thiophene rings is 1. The Morgan fingerprint density at radius 1 is 1.27 bits per heavy atom. The van der Waals surface area contributed by atoms with Crippen LogP contribution in [0.4, 0.5) is 0 Å². The fourth-order valence-corrected chi connectivity index (χ4v) is 2.41. The van der Waals surface area contributed by atoms with Crippen LogP contribution in [0.15, 0.2) is 41.1 Å².